The molecule has 0 saturated carbocycles. The number of methoxy groups -OCH3 is 2. The summed E-state index contributed by atoms with van der Waals surface area (Å²) in [7, 11) is 3.34. The fraction of sp³-hybridized carbons (Fsp3) is 0.294. The quantitative estimate of drug-likeness (QED) is 0.866. The molecule has 0 bridgehead atoms. The number of hydrogen-bond acceptors (Lipinski definition) is 3. The van der Waals surface area contributed by atoms with Crippen molar-refractivity contribution in [3.05, 3.63) is 58.1 Å². The van der Waals surface area contributed by atoms with Gasteiger partial charge in [-0.3, -0.25) is 0 Å². The van der Waals surface area contributed by atoms with Gasteiger partial charge in [0.05, 0.1) is 14.2 Å². The fourth-order valence-corrected chi connectivity index (χ4v) is 2.70. The van der Waals surface area contributed by atoms with Gasteiger partial charge in [-0.05, 0) is 54.3 Å². The highest BCUT2D eigenvalue weighted by atomic mass is 79.9. The van der Waals surface area contributed by atoms with Crippen LogP contribution >= 0.6 is 15.9 Å². The first kappa shape index (κ1) is 15.9. The second kappa shape index (κ2) is 7.48. The third kappa shape index (κ3) is 4.48. The summed E-state index contributed by atoms with van der Waals surface area (Å²) >= 11 is 3.57. The Hall–Kier alpha value is -1.52. The second-order valence-corrected chi connectivity index (χ2v) is 5.83. The molecule has 0 amide bonds. The first-order chi connectivity index (χ1) is 10.1. The van der Waals surface area contributed by atoms with Crippen molar-refractivity contribution >= 4 is 15.9 Å². The Kier molecular flexibility index (Phi) is 5.65. The van der Waals surface area contributed by atoms with E-state index in [2.05, 4.69) is 22.0 Å². The van der Waals surface area contributed by atoms with E-state index in [0.29, 0.717) is 0 Å². The van der Waals surface area contributed by atoms with Gasteiger partial charge in [-0.2, -0.15) is 0 Å². The predicted molar refractivity (Wildman–Crippen MR) is 89.1 cm³/mol. The normalized spacial score (nSPS) is 12.0. The van der Waals surface area contributed by atoms with E-state index in [-0.39, 0.29) is 6.04 Å². The first-order valence-corrected chi connectivity index (χ1v) is 7.62. The van der Waals surface area contributed by atoms with Crippen LogP contribution in [-0.4, -0.2) is 20.3 Å². The number of rotatable bonds is 6. The summed E-state index contributed by atoms with van der Waals surface area (Å²) in [6, 6.07) is 14.0. The molecule has 0 radical (unpaired) electrons. The lowest BCUT2D eigenvalue weighted by Crippen LogP contribution is -2.25. The molecule has 3 nitrogen and oxygen atoms in total. The zero-order chi connectivity index (χ0) is 15.2. The minimum atomic E-state index is 0.0421. The summed E-state index contributed by atoms with van der Waals surface area (Å²) in [5, 5.41) is 0. The average Bonchev–Trinajstić information content (AvgIpc) is 2.49. The molecular weight excluding hydrogens is 330 g/mol. The monoisotopic (exact) mass is 349 g/mol. The van der Waals surface area contributed by atoms with Crippen molar-refractivity contribution < 1.29 is 9.47 Å². The van der Waals surface area contributed by atoms with Crippen molar-refractivity contribution in [2.24, 2.45) is 5.73 Å². The number of hydrogen-bond donors (Lipinski definition) is 1. The summed E-state index contributed by atoms with van der Waals surface area (Å²) in [5.41, 5.74) is 8.63. The van der Waals surface area contributed by atoms with Gasteiger partial charge in [-0.15, -0.1) is 0 Å². The third-order valence-corrected chi connectivity index (χ3v) is 4.14. The molecule has 2 rings (SSSR count). The van der Waals surface area contributed by atoms with Gasteiger partial charge < -0.3 is 15.2 Å². The van der Waals surface area contributed by atoms with Crippen LogP contribution in [0.15, 0.2) is 46.9 Å². The Bertz CT molecular complexity index is 601. The van der Waals surface area contributed by atoms with Crippen molar-refractivity contribution in [3.63, 3.8) is 0 Å². The van der Waals surface area contributed by atoms with Crippen LogP contribution in [0.4, 0.5) is 0 Å². The van der Waals surface area contributed by atoms with Gasteiger partial charge >= 0.3 is 0 Å². The number of ether oxygens (including phenoxy) is 2. The van der Waals surface area contributed by atoms with Gasteiger partial charge in [0.15, 0.2) is 0 Å². The number of halogens is 1. The standard InChI is InChI=1S/C17H20BrNO2/c1-20-15-5-3-4-12(9-15)8-14(19)10-13-11-16(21-2)6-7-17(13)18/h3-7,9,11,14H,8,10,19H2,1-2H3. The van der Waals surface area contributed by atoms with Gasteiger partial charge in [0.1, 0.15) is 11.5 Å². The van der Waals surface area contributed by atoms with Crippen molar-refractivity contribution in [3.8, 4) is 11.5 Å². The van der Waals surface area contributed by atoms with Crippen molar-refractivity contribution in [2.45, 2.75) is 18.9 Å². The highest BCUT2D eigenvalue weighted by Crippen LogP contribution is 2.24. The van der Waals surface area contributed by atoms with E-state index >= 15 is 0 Å². The molecule has 0 aromatic heterocycles. The number of benzene rings is 2. The summed E-state index contributed by atoms with van der Waals surface area (Å²) < 4.78 is 11.6. The van der Waals surface area contributed by atoms with E-state index in [0.717, 1.165) is 34.4 Å². The maximum absolute atomic E-state index is 6.29. The zero-order valence-corrected chi connectivity index (χ0v) is 13.9. The SMILES string of the molecule is COc1cccc(CC(N)Cc2cc(OC)ccc2Br)c1. The van der Waals surface area contributed by atoms with E-state index in [9.17, 15) is 0 Å². The van der Waals surface area contributed by atoms with E-state index in [1.54, 1.807) is 14.2 Å². The molecule has 0 aliphatic rings. The molecule has 2 N–H and O–H groups in total. The maximum atomic E-state index is 6.29. The molecule has 0 aliphatic carbocycles. The van der Waals surface area contributed by atoms with Crippen LogP contribution in [0.3, 0.4) is 0 Å². The van der Waals surface area contributed by atoms with Crippen LogP contribution < -0.4 is 15.2 Å². The lowest BCUT2D eigenvalue weighted by Gasteiger charge is -2.14. The molecule has 0 spiro atoms. The number of nitrogens with two attached hydrogens (primary N) is 1. The molecule has 2 aromatic rings. The topological polar surface area (TPSA) is 44.5 Å². The molecule has 1 unspecified atom stereocenters. The molecule has 112 valence electrons. The van der Waals surface area contributed by atoms with E-state index in [4.69, 9.17) is 15.2 Å². The van der Waals surface area contributed by atoms with Crippen molar-refractivity contribution in [2.75, 3.05) is 14.2 Å². The summed E-state index contributed by atoms with van der Waals surface area (Å²) in [4.78, 5) is 0. The van der Waals surface area contributed by atoms with Gasteiger partial charge in [0.2, 0.25) is 0 Å². The highest BCUT2D eigenvalue weighted by Gasteiger charge is 2.10. The Morgan fingerprint density at radius 2 is 1.71 bits per heavy atom. The summed E-state index contributed by atoms with van der Waals surface area (Å²) in [5.74, 6) is 1.71. The van der Waals surface area contributed by atoms with E-state index in [1.807, 2.05) is 36.4 Å². The molecule has 0 aliphatic heterocycles. The van der Waals surface area contributed by atoms with E-state index in [1.165, 1.54) is 5.56 Å². The van der Waals surface area contributed by atoms with E-state index < -0.39 is 0 Å². The smallest absolute Gasteiger partial charge is 0.119 e. The lowest BCUT2D eigenvalue weighted by molar-refractivity contribution is 0.413. The summed E-state index contributed by atoms with van der Waals surface area (Å²) in [6.07, 6.45) is 1.59. The van der Waals surface area contributed by atoms with Crippen LogP contribution in [0.5, 0.6) is 11.5 Å². The molecule has 4 heteroatoms. The molecule has 0 heterocycles. The average molecular weight is 350 g/mol. The van der Waals surface area contributed by atoms with Crippen molar-refractivity contribution in [1.29, 1.82) is 0 Å². The van der Waals surface area contributed by atoms with Crippen LogP contribution in [0, 0.1) is 0 Å². The zero-order valence-electron chi connectivity index (χ0n) is 12.3. The Morgan fingerprint density at radius 1 is 1.00 bits per heavy atom. The summed E-state index contributed by atoms with van der Waals surface area (Å²) in [6.45, 7) is 0. The van der Waals surface area contributed by atoms with Crippen LogP contribution in [0.1, 0.15) is 11.1 Å². The Labute approximate surface area is 134 Å². The lowest BCUT2D eigenvalue weighted by atomic mass is 9.99. The van der Waals surface area contributed by atoms with Crippen LogP contribution in [0.25, 0.3) is 0 Å². The highest BCUT2D eigenvalue weighted by molar-refractivity contribution is 9.10. The molecular formula is C17H20BrNO2. The van der Waals surface area contributed by atoms with Gasteiger partial charge in [-0.25, -0.2) is 0 Å². The van der Waals surface area contributed by atoms with Gasteiger partial charge in [-0.1, -0.05) is 28.1 Å². The van der Waals surface area contributed by atoms with Crippen LogP contribution in [0.2, 0.25) is 0 Å². The Morgan fingerprint density at radius 3 is 2.43 bits per heavy atom. The molecule has 0 saturated heterocycles. The second-order valence-electron chi connectivity index (χ2n) is 4.98. The van der Waals surface area contributed by atoms with Crippen LogP contribution in [-0.2, 0) is 12.8 Å². The molecule has 21 heavy (non-hydrogen) atoms. The maximum Gasteiger partial charge on any atom is 0.119 e. The third-order valence-electron chi connectivity index (χ3n) is 3.37. The predicted octanol–water partition coefficient (Wildman–Crippen LogP) is 3.58. The van der Waals surface area contributed by atoms with Crippen molar-refractivity contribution in [1.82, 2.24) is 0 Å². The largest absolute Gasteiger partial charge is 0.497 e. The Balaban J connectivity index is 2.05. The first-order valence-electron chi connectivity index (χ1n) is 6.83. The van der Waals surface area contributed by atoms with Gasteiger partial charge in [0, 0.05) is 10.5 Å². The minimum absolute atomic E-state index is 0.0421. The molecule has 2 aromatic carbocycles. The minimum Gasteiger partial charge on any atom is -0.497 e. The molecule has 1 atom stereocenters. The van der Waals surface area contributed by atoms with Gasteiger partial charge in [0.25, 0.3) is 0 Å². The molecule has 0 fully saturated rings. The fourth-order valence-electron chi connectivity index (χ4n) is 2.29.